The van der Waals surface area contributed by atoms with Gasteiger partial charge in [0, 0.05) is 74.5 Å². The number of anilines is 2. The number of hydrogen-bond donors (Lipinski definition) is 1. The van der Waals surface area contributed by atoms with E-state index < -0.39 is 0 Å². The summed E-state index contributed by atoms with van der Waals surface area (Å²) in [4.78, 5) is 15.6. The number of aromatic amines is 1. The predicted molar refractivity (Wildman–Crippen MR) is 155 cm³/mol. The normalized spacial score (nSPS) is 19.8. The fourth-order valence-corrected chi connectivity index (χ4v) is 6.31. The summed E-state index contributed by atoms with van der Waals surface area (Å²) in [6.07, 6.45) is 3.14. The lowest BCUT2D eigenvalue weighted by atomic mass is 9.97. The molecule has 1 saturated heterocycles. The lowest BCUT2D eigenvalue weighted by Crippen LogP contribution is -2.45. The first kappa shape index (κ1) is 25.8. The van der Waals surface area contributed by atoms with Gasteiger partial charge in [-0.3, -0.25) is 9.78 Å². The number of fused-ring (bicyclic) bond motifs is 2. The average molecular weight is 529 g/mol. The number of rotatable bonds is 5. The van der Waals surface area contributed by atoms with Crippen LogP contribution in [0.2, 0.25) is 0 Å². The molecule has 39 heavy (non-hydrogen) atoms. The highest BCUT2D eigenvalue weighted by atomic mass is 16.5. The van der Waals surface area contributed by atoms with Crippen molar-refractivity contribution in [1.82, 2.24) is 29.9 Å². The molecule has 5 heterocycles. The third kappa shape index (κ3) is 4.46. The molecule has 1 N–H and O–H groups in total. The Labute approximate surface area is 230 Å². The molecule has 3 aromatic heterocycles. The van der Waals surface area contributed by atoms with E-state index in [1.165, 1.54) is 5.56 Å². The van der Waals surface area contributed by atoms with Crippen molar-refractivity contribution in [1.29, 1.82) is 0 Å². The van der Waals surface area contributed by atoms with Gasteiger partial charge in [0.25, 0.3) is 0 Å². The van der Waals surface area contributed by atoms with Crippen LogP contribution < -0.4 is 9.80 Å². The summed E-state index contributed by atoms with van der Waals surface area (Å²) in [6.45, 7) is 13.5. The second kappa shape index (κ2) is 9.93. The maximum absolute atomic E-state index is 5.74. The topological polar surface area (TPSA) is 88.0 Å². The van der Waals surface area contributed by atoms with Gasteiger partial charge < -0.3 is 14.5 Å². The molecule has 2 aliphatic heterocycles. The number of H-pyrrole nitrogens is 1. The monoisotopic (exact) mass is 528 g/mol. The van der Waals surface area contributed by atoms with Gasteiger partial charge in [0.05, 0.1) is 23.0 Å². The number of ether oxygens (including phenoxy) is 1. The largest absolute Gasteiger partial charge is 0.381 e. The fourth-order valence-electron chi connectivity index (χ4n) is 6.31. The molecule has 4 aromatic rings. The number of piperidine rings is 1. The molecule has 0 unspecified atom stereocenters. The summed E-state index contributed by atoms with van der Waals surface area (Å²) >= 11 is 0. The maximum Gasteiger partial charge on any atom is 0.162 e. The highest BCUT2D eigenvalue weighted by Crippen LogP contribution is 2.38. The molecule has 206 valence electrons. The third-order valence-electron chi connectivity index (χ3n) is 8.60. The summed E-state index contributed by atoms with van der Waals surface area (Å²) in [6, 6.07) is 6.76. The van der Waals surface area contributed by atoms with Crippen LogP contribution >= 0.6 is 0 Å². The molecule has 0 aliphatic carbocycles. The van der Waals surface area contributed by atoms with Crippen molar-refractivity contribution < 1.29 is 4.74 Å². The van der Waals surface area contributed by atoms with E-state index in [9.17, 15) is 0 Å². The van der Waals surface area contributed by atoms with Crippen LogP contribution in [0.5, 0.6) is 0 Å². The number of aryl methyl sites for hydroxylation is 3. The van der Waals surface area contributed by atoms with Crippen molar-refractivity contribution in [2.45, 2.75) is 78.5 Å². The van der Waals surface area contributed by atoms with Gasteiger partial charge in [-0.1, -0.05) is 19.9 Å². The Bertz CT molecular complexity index is 1520. The van der Waals surface area contributed by atoms with Crippen molar-refractivity contribution in [2.24, 2.45) is 7.05 Å². The van der Waals surface area contributed by atoms with Crippen LogP contribution in [0.15, 0.2) is 18.2 Å². The Balaban J connectivity index is 1.48. The minimum Gasteiger partial charge on any atom is -0.381 e. The highest BCUT2D eigenvalue weighted by molar-refractivity contribution is 5.96. The first-order valence-corrected chi connectivity index (χ1v) is 14.2. The minimum atomic E-state index is 0.290. The van der Waals surface area contributed by atoms with Crippen LogP contribution in [0.4, 0.5) is 11.6 Å². The first-order valence-electron chi connectivity index (χ1n) is 14.2. The molecule has 0 amide bonds. The Morgan fingerprint density at radius 1 is 1.13 bits per heavy atom. The van der Waals surface area contributed by atoms with E-state index in [0.29, 0.717) is 18.1 Å². The van der Waals surface area contributed by atoms with Crippen LogP contribution in [0.1, 0.15) is 67.7 Å². The number of aromatic nitrogens is 6. The smallest absolute Gasteiger partial charge is 0.162 e. The van der Waals surface area contributed by atoms with Gasteiger partial charge in [0.1, 0.15) is 11.6 Å². The summed E-state index contributed by atoms with van der Waals surface area (Å²) in [5.41, 5.74) is 7.75. The fraction of sp³-hybridized carbons (Fsp3) is 0.533. The van der Waals surface area contributed by atoms with Crippen LogP contribution in [0.25, 0.3) is 22.3 Å². The molecule has 0 radical (unpaired) electrons. The highest BCUT2D eigenvalue weighted by Gasteiger charge is 2.33. The summed E-state index contributed by atoms with van der Waals surface area (Å²) in [7, 11) is 3.87. The molecule has 1 aromatic carbocycles. The summed E-state index contributed by atoms with van der Waals surface area (Å²) in [5, 5.41) is 13.6. The lowest BCUT2D eigenvalue weighted by Gasteiger charge is -2.40. The predicted octanol–water partition coefficient (Wildman–Crippen LogP) is 5.06. The van der Waals surface area contributed by atoms with E-state index in [0.717, 1.165) is 95.5 Å². The molecule has 6 rings (SSSR count). The van der Waals surface area contributed by atoms with Gasteiger partial charge in [-0.25, -0.2) is 9.97 Å². The Morgan fingerprint density at radius 2 is 1.95 bits per heavy atom. The number of nitrogens with one attached hydrogen (secondary N) is 1. The Kier molecular flexibility index (Phi) is 6.57. The van der Waals surface area contributed by atoms with E-state index >= 15 is 0 Å². The molecule has 2 aliphatic rings. The molecule has 0 bridgehead atoms. The molecule has 2 atom stereocenters. The van der Waals surface area contributed by atoms with Crippen LogP contribution in [-0.2, 0) is 24.8 Å². The second-order valence-corrected chi connectivity index (χ2v) is 11.6. The second-order valence-electron chi connectivity index (χ2n) is 11.6. The van der Waals surface area contributed by atoms with Crippen LogP contribution in [0, 0.1) is 13.8 Å². The average Bonchev–Trinajstić information content (AvgIpc) is 3.50. The molecule has 0 saturated carbocycles. The zero-order valence-corrected chi connectivity index (χ0v) is 24.2. The van der Waals surface area contributed by atoms with Crippen molar-refractivity contribution >= 4 is 22.5 Å². The van der Waals surface area contributed by atoms with E-state index in [1.54, 1.807) is 0 Å². The van der Waals surface area contributed by atoms with Crippen molar-refractivity contribution in [2.75, 3.05) is 30.0 Å². The molecular formula is C30H40N8O. The quantitative estimate of drug-likeness (QED) is 0.387. The van der Waals surface area contributed by atoms with Gasteiger partial charge in [-0.15, -0.1) is 0 Å². The van der Waals surface area contributed by atoms with Gasteiger partial charge in [-0.05, 0) is 51.2 Å². The number of benzene rings is 1. The third-order valence-corrected chi connectivity index (χ3v) is 8.60. The van der Waals surface area contributed by atoms with E-state index in [1.807, 2.05) is 18.8 Å². The van der Waals surface area contributed by atoms with E-state index in [2.05, 4.69) is 72.8 Å². The zero-order valence-electron chi connectivity index (χ0n) is 24.2. The molecule has 9 heteroatoms. The number of hydrogen-bond acceptors (Lipinski definition) is 7. The van der Waals surface area contributed by atoms with Crippen LogP contribution in [-0.4, -0.2) is 62.3 Å². The number of methoxy groups -OCH3 is 1. The standard InChI is InChI=1S/C30H40N8O/c1-17(2)25-15-26(36(6)35-25)37-12-11-23-22(16-37)30(38-13-10-21(39-7)14-19(38)4)32-29(31-23)27-18(3)8-9-24-28(27)20(5)33-34-24/h8-9,15,17,19,21H,10-14,16H2,1-7H3,(H,33,34)/t19-,21-/m1/s1. The molecule has 0 spiro atoms. The van der Waals surface area contributed by atoms with Crippen LogP contribution in [0.3, 0.4) is 0 Å². The molecule has 1 fully saturated rings. The SMILES string of the molecule is CO[C@@H]1CCN(c2nc(-c3c(C)ccc4n[nH]c(C)c34)nc3c2CN(c2cc(C(C)C)nn2C)CC3)[C@H](C)C1. The van der Waals surface area contributed by atoms with Crippen molar-refractivity contribution in [3.8, 4) is 11.4 Å². The minimum absolute atomic E-state index is 0.290. The van der Waals surface area contributed by atoms with E-state index in [4.69, 9.17) is 19.8 Å². The molecular weight excluding hydrogens is 488 g/mol. The molecule has 9 nitrogen and oxygen atoms in total. The maximum atomic E-state index is 5.74. The van der Waals surface area contributed by atoms with Crippen molar-refractivity contribution in [3.63, 3.8) is 0 Å². The summed E-state index contributed by atoms with van der Waals surface area (Å²) < 4.78 is 7.76. The van der Waals surface area contributed by atoms with Crippen molar-refractivity contribution in [3.05, 3.63) is 46.4 Å². The van der Waals surface area contributed by atoms with Gasteiger partial charge in [-0.2, -0.15) is 10.2 Å². The number of nitrogens with zero attached hydrogens (tertiary/aromatic N) is 7. The Hall–Kier alpha value is -3.46. The van der Waals surface area contributed by atoms with E-state index in [-0.39, 0.29) is 0 Å². The Morgan fingerprint density at radius 3 is 2.67 bits per heavy atom. The summed E-state index contributed by atoms with van der Waals surface area (Å²) in [5.74, 6) is 3.41. The lowest BCUT2D eigenvalue weighted by molar-refractivity contribution is 0.0719. The zero-order chi connectivity index (χ0) is 27.4. The van der Waals surface area contributed by atoms with Gasteiger partial charge in [0.2, 0.25) is 0 Å². The van der Waals surface area contributed by atoms with Gasteiger partial charge in [0.15, 0.2) is 5.82 Å². The van der Waals surface area contributed by atoms with Gasteiger partial charge >= 0.3 is 0 Å². The first-order chi connectivity index (χ1) is 18.7.